The second-order valence-corrected chi connectivity index (χ2v) is 6.33. The van der Waals surface area contributed by atoms with E-state index in [1.807, 2.05) is 35.9 Å². The normalized spacial score (nSPS) is 16.2. The summed E-state index contributed by atoms with van der Waals surface area (Å²) in [6, 6.07) is 11.8. The lowest BCUT2D eigenvalue weighted by Gasteiger charge is -2.24. The molecule has 3 aromatic rings. The van der Waals surface area contributed by atoms with E-state index < -0.39 is 11.7 Å². The van der Waals surface area contributed by atoms with Gasteiger partial charge in [0, 0.05) is 19.2 Å². The minimum atomic E-state index is -0.644. The van der Waals surface area contributed by atoms with Crippen LogP contribution in [0.3, 0.4) is 0 Å². The maximum absolute atomic E-state index is 13.4. The van der Waals surface area contributed by atoms with Crippen LogP contribution in [-0.4, -0.2) is 21.4 Å². The van der Waals surface area contributed by atoms with Gasteiger partial charge < -0.3 is 15.2 Å². The first-order valence-corrected chi connectivity index (χ1v) is 8.30. The fourth-order valence-corrected chi connectivity index (χ4v) is 3.31. The molecule has 0 saturated carbocycles. The van der Waals surface area contributed by atoms with Gasteiger partial charge in [-0.1, -0.05) is 18.2 Å². The summed E-state index contributed by atoms with van der Waals surface area (Å²) in [4.78, 5) is 29.1. The van der Waals surface area contributed by atoms with Gasteiger partial charge in [-0.2, -0.15) is 0 Å². The molecule has 2 N–H and O–H groups in total. The minimum absolute atomic E-state index is 0.0347. The quantitative estimate of drug-likeness (QED) is 0.760. The zero-order valence-corrected chi connectivity index (χ0v) is 14.1. The first-order chi connectivity index (χ1) is 12.5. The molecule has 132 valence electrons. The fourth-order valence-electron chi connectivity index (χ4n) is 3.31. The van der Waals surface area contributed by atoms with Crippen molar-refractivity contribution < 1.29 is 14.0 Å². The predicted molar refractivity (Wildman–Crippen MR) is 94.9 cm³/mol. The first kappa shape index (κ1) is 16.3. The van der Waals surface area contributed by atoms with Crippen LogP contribution in [0.1, 0.15) is 23.7 Å². The topological polar surface area (TPSA) is 76.0 Å². The van der Waals surface area contributed by atoms with E-state index in [1.54, 1.807) is 6.07 Å². The Bertz CT molecular complexity index is 1030. The molecule has 4 rings (SSSR count). The summed E-state index contributed by atoms with van der Waals surface area (Å²) in [6.45, 7) is 0.249. The molecule has 2 aromatic carbocycles. The molecule has 0 saturated heterocycles. The minimum Gasteiger partial charge on any atom is -0.348 e. The van der Waals surface area contributed by atoms with Crippen molar-refractivity contribution in [2.45, 2.75) is 18.9 Å². The molecule has 1 aromatic heterocycles. The average molecular weight is 352 g/mol. The molecule has 0 fully saturated rings. The lowest BCUT2D eigenvalue weighted by atomic mass is 9.89. The van der Waals surface area contributed by atoms with Crippen molar-refractivity contribution >= 4 is 28.5 Å². The van der Waals surface area contributed by atoms with Crippen LogP contribution in [0.5, 0.6) is 0 Å². The van der Waals surface area contributed by atoms with Crippen LogP contribution in [-0.2, 0) is 23.2 Å². The molecular formula is C19H17FN4O2. The van der Waals surface area contributed by atoms with Crippen LogP contribution in [0.2, 0.25) is 0 Å². The molecule has 1 aliphatic heterocycles. The summed E-state index contributed by atoms with van der Waals surface area (Å²) in [5.41, 5.74) is 2.81. The van der Waals surface area contributed by atoms with E-state index in [4.69, 9.17) is 0 Å². The fraction of sp³-hybridized carbons (Fsp3) is 0.211. The van der Waals surface area contributed by atoms with E-state index in [-0.39, 0.29) is 24.8 Å². The lowest BCUT2D eigenvalue weighted by Crippen LogP contribution is -2.35. The van der Waals surface area contributed by atoms with Gasteiger partial charge in [0.05, 0.1) is 23.5 Å². The molecule has 0 bridgehead atoms. The highest BCUT2D eigenvalue weighted by Crippen LogP contribution is 2.32. The SMILES string of the molecule is Cn1c(CNC(=O)[C@@H]2CC(=O)Nc3cc(F)ccc32)nc2ccccc21. The molecule has 0 radical (unpaired) electrons. The van der Waals surface area contributed by atoms with Crippen molar-refractivity contribution in [2.75, 3.05) is 5.32 Å². The number of aromatic nitrogens is 2. The highest BCUT2D eigenvalue weighted by Gasteiger charge is 2.31. The van der Waals surface area contributed by atoms with Crippen LogP contribution in [0.4, 0.5) is 10.1 Å². The standard InChI is InChI=1S/C19H17FN4O2/c1-24-16-5-3-2-4-14(16)22-17(24)10-21-19(26)13-9-18(25)23-15-8-11(20)6-7-12(13)15/h2-8,13H,9-10H2,1H3,(H,21,26)(H,23,25)/t13-/m1/s1. The van der Waals surface area contributed by atoms with Crippen molar-refractivity contribution in [3.05, 3.63) is 59.7 Å². The molecule has 1 atom stereocenters. The van der Waals surface area contributed by atoms with E-state index >= 15 is 0 Å². The molecule has 0 unspecified atom stereocenters. The van der Waals surface area contributed by atoms with Crippen molar-refractivity contribution in [1.82, 2.24) is 14.9 Å². The lowest BCUT2D eigenvalue weighted by molar-refractivity contribution is -0.126. The Morgan fingerprint density at radius 2 is 2.15 bits per heavy atom. The van der Waals surface area contributed by atoms with Crippen LogP contribution in [0.15, 0.2) is 42.5 Å². The smallest absolute Gasteiger partial charge is 0.228 e. The molecule has 0 spiro atoms. The molecular weight excluding hydrogens is 335 g/mol. The summed E-state index contributed by atoms with van der Waals surface area (Å²) < 4.78 is 15.3. The number of nitrogens with one attached hydrogen (secondary N) is 2. The highest BCUT2D eigenvalue weighted by atomic mass is 19.1. The van der Waals surface area contributed by atoms with E-state index in [9.17, 15) is 14.0 Å². The summed E-state index contributed by atoms with van der Waals surface area (Å²) in [5, 5.41) is 5.46. The number of rotatable bonds is 3. The third kappa shape index (κ3) is 2.81. The van der Waals surface area contributed by atoms with Crippen LogP contribution < -0.4 is 10.6 Å². The maximum atomic E-state index is 13.4. The summed E-state index contributed by atoms with van der Waals surface area (Å²) in [7, 11) is 1.89. The van der Waals surface area contributed by atoms with Gasteiger partial charge >= 0.3 is 0 Å². The molecule has 7 heteroatoms. The number of fused-ring (bicyclic) bond motifs is 2. The molecule has 1 aliphatic rings. The van der Waals surface area contributed by atoms with Crippen LogP contribution in [0, 0.1) is 5.82 Å². The van der Waals surface area contributed by atoms with Crippen LogP contribution >= 0.6 is 0 Å². The third-order valence-corrected chi connectivity index (χ3v) is 4.67. The summed E-state index contributed by atoms with van der Waals surface area (Å²) >= 11 is 0. The number of anilines is 1. The number of benzene rings is 2. The Morgan fingerprint density at radius 1 is 1.35 bits per heavy atom. The number of nitrogens with zero attached hydrogens (tertiary/aromatic N) is 2. The van der Waals surface area contributed by atoms with Crippen molar-refractivity contribution in [1.29, 1.82) is 0 Å². The number of imidazole rings is 1. The number of amides is 2. The average Bonchev–Trinajstić information content (AvgIpc) is 2.95. The van der Waals surface area contributed by atoms with Gasteiger partial charge in [0.25, 0.3) is 0 Å². The second kappa shape index (κ2) is 6.25. The molecule has 6 nitrogen and oxygen atoms in total. The third-order valence-electron chi connectivity index (χ3n) is 4.67. The number of aryl methyl sites for hydroxylation is 1. The van der Waals surface area contributed by atoms with Crippen molar-refractivity contribution in [2.24, 2.45) is 7.05 Å². The summed E-state index contributed by atoms with van der Waals surface area (Å²) in [6.07, 6.45) is 0.0347. The number of carbonyl (C=O) groups excluding carboxylic acids is 2. The predicted octanol–water partition coefficient (Wildman–Crippen LogP) is 2.45. The number of carbonyl (C=O) groups is 2. The Balaban J connectivity index is 1.55. The maximum Gasteiger partial charge on any atom is 0.228 e. The van der Waals surface area contributed by atoms with Gasteiger partial charge in [-0.15, -0.1) is 0 Å². The Morgan fingerprint density at radius 3 is 2.96 bits per heavy atom. The van der Waals surface area contributed by atoms with Gasteiger partial charge in [-0.3, -0.25) is 9.59 Å². The zero-order chi connectivity index (χ0) is 18.3. The van der Waals surface area contributed by atoms with E-state index in [0.717, 1.165) is 16.9 Å². The highest BCUT2D eigenvalue weighted by molar-refractivity contribution is 6.01. The van der Waals surface area contributed by atoms with Crippen molar-refractivity contribution in [3.63, 3.8) is 0 Å². The molecule has 0 aliphatic carbocycles. The summed E-state index contributed by atoms with van der Waals surface area (Å²) in [5.74, 6) is -0.955. The van der Waals surface area contributed by atoms with Gasteiger partial charge in [-0.25, -0.2) is 9.37 Å². The van der Waals surface area contributed by atoms with Gasteiger partial charge in [0.2, 0.25) is 11.8 Å². The van der Waals surface area contributed by atoms with Gasteiger partial charge in [0.15, 0.2) is 0 Å². The Hall–Kier alpha value is -3.22. The number of para-hydroxylation sites is 2. The number of halogens is 1. The molecule has 2 amide bonds. The Kier molecular flexibility index (Phi) is 3.91. The van der Waals surface area contributed by atoms with E-state index in [0.29, 0.717) is 11.3 Å². The first-order valence-electron chi connectivity index (χ1n) is 8.30. The second-order valence-electron chi connectivity index (χ2n) is 6.33. The number of hydrogen-bond acceptors (Lipinski definition) is 3. The zero-order valence-electron chi connectivity index (χ0n) is 14.1. The molecule has 2 heterocycles. The van der Waals surface area contributed by atoms with Gasteiger partial charge in [0.1, 0.15) is 11.6 Å². The Labute approximate surface area is 149 Å². The van der Waals surface area contributed by atoms with E-state index in [1.165, 1.54) is 12.1 Å². The van der Waals surface area contributed by atoms with Gasteiger partial charge in [-0.05, 0) is 29.8 Å². The largest absolute Gasteiger partial charge is 0.348 e. The van der Waals surface area contributed by atoms with Crippen LogP contribution in [0.25, 0.3) is 11.0 Å². The monoisotopic (exact) mass is 352 g/mol. The van der Waals surface area contributed by atoms with E-state index in [2.05, 4.69) is 15.6 Å². The van der Waals surface area contributed by atoms with Crippen molar-refractivity contribution in [3.8, 4) is 0 Å². The molecule has 26 heavy (non-hydrogen) atoms. The number of hydrogen-bond donors (Lipinski definition) is 2.